The van der Waals surface area contributed by atoms with Crippen LogP contribution in [-0.4, -0.2) is 49.6 Å². The molecule has 2 atom stereocenters. The van der Waals surface area contributed by atoms with E-state index in [0.29, 0.717) is 9.27 Å². The van der Waals surface area contributed by atoms with E-state index >= 15 is 0 Å². The number of carbonyl (C=O) groups excluding carboxylic acids is 2. The number of nitrogens with zero attached hydrogens (tertiary/aromatic N) is 2. The Morgan fingerprint density at radius 3 is 1.71 bits per heavy atom. The van der Waals surface area contributed by atoms with Gasteiger partial charge >= 0.3 is 0 Å². The number of hydrogen-bond acceptors (Lipinski definition) is 6. The van der Waals surface area contributed by atoms with Crippen LogP contribution in [0.25, 0.3) is 0 Å². The van der Waals surface area contributed by atoms with Crippen LogP contribution >= 0.6 is 0 Å². The standard InChI is InChI=1S/C25H24N2O6S2/c1-17-13-15-20(16-14-17)35(32,33)27(34(3,30)31)23(19-9-5-4-6-10-19)18(2)26-24(28)21-11-7-8-12-22(21)25(26)29/h4-16,18,23H,1-3H3/t18-,23-/m1/s1. The fourth-order valence-corrected chi connectivity index (χ4v) is 7.97. The molecule has 0 saturated heterocycles. The van der Waals surface area contributed by atoms with E-state index in [2.05, 4.69) is 0 Å². The number of benzene rings is 3. The van der Waals surface area contributed by atoms with Crippen molar-refractivity contribution >= 4 is 31.9 Å². The molecular formula is C25H24N2O6S2. The van der Waals surface area contributed by atoms with Crippen LogP contribution in [-0.2, 0) is 20.0 Å². The highest BCUT2D eigenvalue weighted by molar-refractivity contribution is 8.03. The van der Waals surface area contributed by atoms with Crippen molar-refractivity contribution in [3.05, 3.63) is 101 Å². The molecule has 1 heterocycles. The van der Waals surface area contributed by atoms with Crippen molar-refractivity contribution in [2.24, 2.45) is 0 Å². The molecule has 0 saturated carbocycles. The number of fused-ring (bicyclic) bond motifs is 1. The summed E-state index contributed by atoms with van der Waals surface area (Å²) in [4.78, 5) is 27.1. The molecule has 0 unspecified atom stereocenters. The second-order valence-corrected chi connectivity index (χ2v) is 12.3. The third-order valence-corrected chi connectivity index (χ3v) is 9.79. The number of amides is 2. The first-order valence-electron chi connectivity index (χ1n) is 10.8. The number of imide groups is 1. The molecule has 0 aliphatic carbocycles. The third-order valence-electron chi connectivity index (χ3n) is 5.94. The highest BCUT2D eigenvalue weighted by Crippen LogP contribution is 2.37. The van der Waals surface area contributed by atoms with Gasteiger partial charge in [-0.25, -0.2) is 16.8 Å². The van der Waals surface area contributed by atoms with Gasteiger partial charge in [0.05, 0.1) is 34.4 Å². The Morgan fingerprint density at radius 2 is 1.23 bits per heavy atom. The second kappa shape index (κ2) is 9.03. The molecule has 3 aromatic carbocycles. The molecule has 8 nitrogen and oxygen atoms in total. The molecule has 4 rings (SSSR count). The summed E-state index contributed by atoms with van der Waals surface area (Å²) in [6, 6.07) is 17.6. The fourth-order valence-electron chi connectivity index (χ4n) is 4.29. The summed E-state index contributed by atoms with van der Waals surface area (Å²) in [7, 11) is -9.01. The maximum absolute atomic E-state index is 13.8. The number of aryl methyl sites for hydroxylation is 1. The van der Waals surface area contributed by atoms with Gasteiger partial charge in [-0.05, 0) is 43.7 Å². The quantitative estimate of drug-likeness (QED) is 0.449. The van der Waals surface area contributed by atoms with Gasteiger partial charge in [0.1, 0.15) is 0 Å². The van der Waals surface area contributed by atoms with Crippen molar-refractivity contribution in [2.75, 3.05) is 6.26 Å². The zero-order valence-electron chi connectivity index (χ0n) is 19.3. The molecular weight excluding hydrogens is 488 g/mol. The molecule has 1 aliphatic heterocycles. The molecule has 0 radical (unpaired) electrons. The van der Waals surface area contributed by atoms with Crippen molar-refractivity contribution in [3.63, 3.8) is 0 Å². The van der Waals surface area contributed by atoms with Crippen molar-refractivity contribution in [1.82, 2.24) is 8.61 Å². The van der Waals surface area contributed by atoms with Crippen LogP contribution in [0.2, 0.25) is 0 Å². The molecule has 3 aromatic rings. The van der Waals surface area contributed by atoms with Gasteiger partial charge in [-0.3, -0.25) is 14.5 Å². The summed E-state index contributed by atoms with van der Waals surface area (Å²) in [5, 5.41) is 0. The molecule has 0 bridgehead atoms. The Morgan fingerprint density at radius 1 is 0.743 bits per heavy atom. The number of hydrogen-bond donors (Lipinski definition) is 0. The average molecular weight is 513 g/mol. The van der Waals surface area contributed by atoms with Gasteiger partial charge in [0.25, 0.3) is 21.8 Å². The normalized spacial score (nSPS) is 15.8. The van der Waals surface area contributed by atoms with Gasteiger partial charge in [0.15, 0.2) is 0 Å². The molecule has 0 N–H and O–H groups in total. The fraction of sp³-hybridized carbons (Fsp3) is 0.200. The summed E-state index contributed by atoms with van der Waals surface area (Å²) in [5.74, 6) is -1.22. The van der Waals surface area contributed by atoms with E-state index < -0.39 is 43.9 Å². The molecule has 0 fully saturated rings. The summed E-state index contributed by atoms with van der Waals surface area (Å²) in [6.07, 6.45) is 0.795. The highest BCUT2D eigenvalue weighted by Gasteiger charge is 2.48. The maximum atomic E-state index is 13.8. The molecule has 0 spiro atoms. The van der Waals surface area contributed by atoms with Crippen LogP contribution in [0.4, 0.5) is 0 Å². The lowest BCUT2D eigenvalue weighted by Gasteiger charge is -2.36. The Kier molecular flexibility index (Phi) is 6.39. The average Bonchev–Trinajstić information content (AvgIpc) is 3.07. The van der Waals surface area contributed by atoms with E-state index in [4.69, 9.17) is 0 Å². The van der Waals surface area contributed by atoms with Gasteiger partial charge < -0.3 is 0 Å². The zero-order chi connectivity index (χ0) is 25.5. The Bertz CT molecular complexity index is 1470. The Hall–Kier alpha value is -3.34. The van der Waals surface area contributed by atoms with Crippen LogP contribution in [0, 0.1) is 6.92 Å². The largest absolute Gasteiger partial charge is 0.269 e. The molecule has 2 amide bonds. The zero-order valence-corrected chi connectivity index (χ0v) is 21.0. The van der Waals surface area contributed by atoms with Crippen molar-refractivity contribution in [2.45, 2.75) is 30.8 Å². The van der Waals surface area contributed by atoms with Crippen LogP contribution < -0.4 is 0 Å². The lowest BCUT2D eigenvalue weighted by atomic mass is 10.0. The summed E-state index contributed by atoms with van der Waals surface area (Å²) >= 11 is 0. The molecule has 0 aromatic heterocycles. The number of sulfonamides is 2. The third kappa shape index (κ3) is 4.40. The maximum Gasteiger partial charge on any atom is 0.261 e. The minimum Gasteiger partial charge on any atom is -0.269 e. The second-order valence-electron chi connectivity index (χ2n) is 8.43. The molecule has 182 valence electrons. The lowest BCUT2D eigenvalue weighted by molar-refractivity contribution is 0.0550. The van der Waals surface area contributed by atoms with E-state index in [-0.39, 0.29) is 16.0 Å². The first-order chi connectivity index (χ1) is 16.4. The summed E-state index contributed by atoms with van der Waals surface area (Å²) in [5.41, 5.74) is 1.48. The monoisotopic (exact) mass is 512 g/mol. The van der Waals surface area contributed by atoms with Crippen molar-refractivity contribution < 1.29 is 26.4 Å². The predicted molar refractivity (Wildman–Crippen MR) is 131 cm³/mol. The van der Waals surface area contributed by atoms with Crippen molar-refractivity contribution in [1.29, 1.82) is 0 Å². The predicted octanol–water partition coefficient (Wildman–Crippen LogP) is 3.37. The SMILES string of the molecule is Cc1ccc(S(=O)(=O)N([C@@H](c2ccccc2)[C@@H](C)N2C(=O)c3ccccc3C2=O)S(C)(=O)=O)cc1. The van der Waals surface area contributed by atoms with E-state index in [1.165, 1.54) is 31.2 Å². The van der Waals surface area contributed by atoms with E-state index in [9.17, 15) is 26.4 Å². The van der Waals surface area contributed by atoms with E-state index in [1.54, 1.807) is 61.5 Å². The molecule has 1 aliphatic rings. The minimum atomic E-state index is -4.60. The Labute approximate surface area is 204 Å². The topological polar surface area (TPSA) is 109 Å². The van der Waals surface area contributed by atoms with E-state index in [0.717, 1.165) is 16.7 Å². The lowest BCUT2D eigenvalue weighted by Crippen LogP contribution is -2.50. The first kappa shape index (κ1) is 24.8. The molecule has 35 heavy (non-hydrogen) atoms. The first-order valence-corrected chi connectivity index (χ1v) is 14.1. The van der Waals surface area contributed by atoms with E-state index in [1.807, 2.05) is 0 Å². The summed E-state index contributed by atoms with van der Waals surface area (Å²) < 4.78 is 54.1. The van der Waals surface area contributed by atoms with Crippen LogP contribution in [0.3, 0.4) is 0 Å². The van der Waals surface area contributed by atoms with Crippen LogP contribution in [0.15, 0.2) is 83.8 Å². The van der Waals surface area contributed by atoms with Gasteiger partial charge in [0.2, 0.25) is 10.0 Å². The van der Waals surface area contributed by atoms with Crippen LogP contribution in [0.5, 0.6) is 0 Å². The number of carbonyl (C=O) groups is 2. The van der Waals surface area contributed by atoms with Gasteiger partial charge in [-0.2, -0.15) is 0 Å². The Balaban J connectivity index is 1.91. The smallest absolute Gasteiger partial charge is 0.261 e. The molecule has 10 heteroatoms. The van der Waals surface area contributed by atoms with Crippen molar-refractivity contribution in [3.8, 4) is 0 Å². The highest BCUT2D eigenvalue weighted by atomic mass is 32.3. The van der Waals surface area contributed by atoms with Gasteiger partial charge in [-0.15, -0.1) is 0 Å². The van der Waals surface area contributed by atoms with Gasteiger partial charge in [0, 0.05) is 0 Å². The minimum absolute atomic E-state index is 0.184. The number of rotatable bonds is 7. The van der Waals surface area contributed by atoms with Gasteiger partial charge in [-0.1, -0.05) is 63.9 Å². The summed E-state index contributed by atoms with van der Waals surface area (Å²) in [6.45, 7) is 3.25. The van der Waals surface area contributed by atoms with Crippen LogP contribution in [0.1, 0.15) is 44.8 Å².